The number of rotatable bonds is 6. The number of thioether (sulfide) groups is 1. The van der Waals surface area contributed by atoms with Gasteiger partial charge in [0.25, 0.3) is 5.24 Å². The summed E-state index contributed by atoms with van der Waals surface area (Å²) in [6.07, 6.45) is 0.443. The minimum atomic E-state index is -0.789. The molecule has 1 unspecified atom stereocenters. The third-order valence-electron chi connectivity index (χ3n) is 3.94. The maximum atomic E-state index is 12.0. The molecule has 128 valence electrons. The lowest BCUT2D eigenvalue weighted by Crippen LogP contribution is -2.35. The molecule has 25 heavy (non-hydrogen) atoms. The van der Waals surface area contributed by atoms with Crippen LogP contribution in [-0.4, -0.2) is 28.3 Å². The summed E-state index contributed by atoms with van der Waals surface area (Å²) < 4.78 is 4.73. The fourth-order valence-corrected chi connectivity index (χ4v) is 3.50. The van der Waals surface area contributed by atoms with E-state index in [1.54, 1.807) is 31.2 Å². The fourth-order valence-electron chi connectivity index (χ4n) is 2.57. The molecule has 0 saturated carbocycles. The van der Waals surface area contributed by atoms with Gasteiger partial charge in [0.2, 0.25) is 5.91 Å². The summed E-state index contributed by atoms with van der Waals surface area (Å²) in [5, 5.41) is 2.00. The van der Waals surface area contributed by atoms with Crippen LogP contribution in [0.4, 0.5) is 4.79 Å². The predicted molar refractivity (Wildman–Crippen MR) is 95.9 cm³/mol. The Morgan fingerprint density at radius 2 is 1.76 bits per heavy atom. The van der Waals surface area contributed by atoms with E-state index in [2.05, 4.69) is 5.32 Å². The van der Waals surface area contributed by atoms with E-state index in [4.69, 9.17) is 4.74 Å². The van der Waals surface area contributed by atoms with Gasteiger partial charge in [0.15, 0.2) is 12.4 Å². The number of imide groups is 1. The van der Waals surface area contributed by atoms with Crippen molar-refractivity contribution in [3.63, 3.8) is 0 Å². The quantitative estimate of drug-likeness (QED) is 0.806. The van der Waals surface area contributed by atoms with Crippen molar-refractivity contribution in [2.45, 2.75) is 18.1 Å². The van der Waals surface area contributed by atoms with Crippen LogP contribution in [0.25, 0.3) is 0 Å². The maximum absolute atomic E-state index is 12.0. The van der Waals surface area contributed by atoms with E-state index >= 15 is 0 Å². The maximum Gasteiger partial charge on any atom is 0.286 e. The lowest BCUT2D eigenvalue weighted by atomic mass is 9.99. The van der Waals surface area contributed by atoms with Crippen LogP contribution in [0, 0.1) is 0 Å². The lowest BCUT2D eigenvalue weighted by Gasteiger charge is -2.18. The van der Waals surface area contributed by atoms with E-state index in [-0.39, 0.29) is 23.5 Å². The molecule has 3 rings (SSSR count). The van der Waals surface area contributed by atoms with Gasteiger partial charge >= 0.3 is 0 Å². The summed E-state index contributed by atoms with van der Waals surface area (Å²) in [7, 11) is 0. The van der Waals surface area contributed by atoms with Crippen molar-refractivity contribution in [1.29, 1.82) is 0 Å². The van der Waals surface area contributed by atoms with Crippen molar-refractivity contribution < 1.29 is 19.1 Å². The number of hydrogen-bond acceptors (Lipinski definition) is 5. The van der Waals surface area contributed by atoms with Crippen molar-refractivity contribution in [3.05, 3.63) is 65.7 Å². The van der Waals surface area contributed by atoms with Crippen LogP contribution in [0.15, 0.2) is 54.6 Å². The first-order valence-electron chi connectivity index (χ1n) is 7.81. The van der Waals surface area contributed by atoms with Crippen LogP contribution < -0.4 is 10.1 Å². The Bertz CT molecular complexity index is 804. The van der Waals surface area contributed by atoms with Crippen LogP contribution in [0.3, 0.4) is 0 Å². The molecule has 0 spiro atoms. The van der Waals surface area contributed by atoms with Gasteiger partial charge in [-0.15, -0.1) is 0 Å². The van der Waals surface area contributed by atoms with Gasteiger partial charge < -0.3 is 4.74 Å². The van der Waals surface area contributed by atoms with E-state index in [0.717, 1.165) is 17.3 Å². The smallest absolute Gasteiger partial charge is 0.286 e. The highest BCUT2D eigenvalue weighted by atomic mass is 32.2. The number of benzene rings is 2. The van der Waals surface area contributed by atoms with Crippen molar-refractivity contribution >= 4 is 28.7 Å². The molecule has 2 aromatic rings. The largest absolute Gasteiger partial charge is 0.485 e. The molecule has 0 radical (unpaired) electrons. The standard InChI is InChI=1S/C19H17NO4S/c1-19(17(22)20-18(23)25-19)11-13-7-9-15(10-8-13)24-12-16(21)14-5-3-2-4-6-14/h2-10H,11-12H2,1H3,(H,20,22,23). The highest BCUT2D eigenvalue weighted by molar-refractivity contribution is 8.16. The molecule has 1 atom stereocenters. The Balaban J connectivity index is 1.58. The monoisotopic (exact) mass is 355 g/mol. The summed E-state index contributed by atoms with van der Waals surface area (Å²) in [6.45, 7) is 1.72. The molecule has 2 amide bonds. The van der Waals surface area contributed by atoms with Gasteiger partial charge in [0.1, 0.15) is 10.5 Å². The van der Waals surface area contributed by atoms with Crippen molar-refractivity contribution in [1.82, 2.24) is 5.32 Å². The molecule has 0 aliphatic carbocycles. The van der Waals surface area contributed by atoms with Crippen LogP contribution in [-0.2, 0) is 11.2 Å². The number of ether oxygens (including phenoxy) is 1. The Kier molecular flexibility index (Phi) is 4.90. The number of carbonyl (C=O) groups excluding carboxylic acids is 3. The second-order valence-corrected chi connectivity index (χ2v) is 7.45. The summed E-state index contributed by atoms with van der Waals surface area (Å²) in [5.74, 6) is 0.226. The normalized spacial score (nSPS) is 19.6. The van der Waals surface area contributed by atoms with Gasteiger partial charge in [-0.1, -0.05) is 42.5 Å². The second-order valence-electron chi connectivity index (χ2n) is 5.97. The second kappa shape index (κ2) is 7.11. The van der Waals surface area contributed by atoms with Gasteiger partial charge in [0, 0.05) is 5.56 Å². The third kappa shape index (κ3) is 4.09. The molecule has 2 aromatic carbocycles. The summed E-state index contributed by atoms with van der Waals surface area (Å²) in [5.41, 5.74) is 1.53. The molecule has 6 heteroatoms. The summed E-state index contributed by atoms with van der Waals surface area (Å²) in [4.78, 5) is 35.3. The zero-order chi connectivity index (χ0) is 17.9. The predicted octanol–water partition coefficient (Wildman–Crippen LogP) is 3.23. The third-order valence-corrected chi connectivity index (χ3v) is 5.01. The average Bonchev–Trinajstić information content (AvgIpc) is 2.86. The van der Waals surface area contributed by atoms with E-state index in [9.17, 15) is 14.4 Å². The zero-order valence-corrected chi connectivity index (χ0v) is 14.5. The molecular formula is C19H17NO4S. The van der Waals surface area contributed by atoms with Crippen LogP contribution >= 0.6 is 11.8 Å². The average molecular weight is 355 g/mol. The molecule has 1 saturated heterocycles. The number of nitrogens with one attached hydrogen (secondary N) is 1. The summed E-state index contributed by atoms with van der Waals surface area (Å²) >= 11 is 1.01. The van der Waals surface area contributed by atoms with Crippen LogP contribution in [0.2, 0.25) is 0 Å². The van der Waals surface area contributed by atoms with Gasteiger partial charge in [-0.05, 0) is 42.8 Å². The number of carbonyl (C=O) groups is 3. The first-order valence-corrected chi connectivity index (χ1v) is 8.62. The van der Waals surface area contributed by atoms with Gasteiger partial charge in [-0.3, -0.25) is 19.7 Å². The minimum Gasteiger partial charge on any atom is -0.485 e. The first kappa shape index (κ1) is 17.2. The Hall–Kier alpha value is -2.60. The Labute approximate surface area is 149 Å². The van der Waals surface area contributed by atoms with E-state index < -0.39 is 4.75 Å². The molecule has 5 nitrogen and oxygen atoms in total. The van der Waals surface area contributed by atoms with E-state index in [1.807, 2.05) is 30.3 Å². The number of ketones is 1. The molecule has 0 bridgehead atoms. The highest BCUT2D eigenvalue weighted by Gasteiger charge is 2.43. The van der Waals surface area contributed by atoms with Gasteiger partial charge in [-0.2, -0.15) is 0 Å². The van der Waals surface area contributed by atoms with Gasteiger partial charge in [0.05, 0.1) is 0 Å². The Morgan fingerprint density at radius 3 is 2.36 bits per heavy atom. The topological polar surface area (TPSA) is 72.5 Å². The van der Waals surface area contributed by atoms with Crippen molar-refractivity contribution in [2.75, 3.05) is 6.61 Å². The van der Waals surface area contributed by atoms with Crippen LogP contribution in [0.5, 0.6) is 5.75 Å². The first-order chi connectivity index (χ1) is 12.0. The highest BCUT2D eigenvalue weighted by Crippen LogP contribution is 2.34. The molecule has 1 aliphatic heterocycles. The minimum absolute atomic E-state index is 0.0339. The number of amides is 2. The number of hydrogen-bond donors (Lipinski definition) is 1. The van der Waals surface area contributed by atoms with Crippen molar-refractivity contribution in [2.24, 2.45) is 0 Å². The SMILES string of the molecule is CC1(Cc2ccc(OCC(=O)c3ccccc3)cc2)SC(=O)NC1=O. The number of Topliss-reactive ketones (excluding diaryl/α,β-unsaturated/α-hetero) is 1. The Morgan fingerprint density at radius 1 is 1.08 bits per heavy atom. The molecule has 1 aliphatic rings. The van der Waals surface area contributed by atoms with E-state index in [0.29, 0.717) is 17.7 Å². The zero-order valence-electron chi connectivity index (χ0n) is 13.7. The molecule has 0 aromatic heterocycles. The molecule has 1 heterocycles. The van der Waals surface area contributed by atoms with Crippen molar-refractivity contribution in [3.8, 4) is 5.75 Å². The molecular weight excluding hydrogens is 338 g/mol. The molecule has 1 fully saturated rings. The fraction of sp³-hybridized carbons (Fsp3) is 0.211. The van der Waals surface area contributed by atoms with Gasteiger partial charge in [-0.25, -0.2) is 0 Å². The summed E-state index contributed by atoms with van der Waals surface area (Å²) in [6, 6.07) is 16.2. The van der Waals surface area contributed by atoms with Crippen LogP contribution in [0.1, 0.15) is 22.8 Å². The molecule has 1 N–H and O–H groups in total. The van der Waals surface area contributed by atoms with E-state index in [1.165, 1.54) is 0 Å². The lowest BCUT2D eigenvalue weighted by molar-refractivity contribution is -0.121.